The van der Waals surface area contributed by atoms with E-state index in [0.717, 1.165) is 35.3 Å². The third kappa shape index (κ3) is 3.20. The van der Waals surface area contributed by atoms with Crippen LogP contribution in [0.3, 0.4) is 0 Å². The number of carbonyl (C=O) groups is 1. The summed E-state index contributed by atoms with van der Waals surface area (Å²) in [4.78, 5) is 11.7. The Hall–Kier alpha value is -2.89. The van der Waals surface area contributed by atoms with E-state index in [1.54, 1.807) is 27.4 Å². The quantitative estimate of drug-likeness (QED) is 0.840. The fourth-order valence-electron chi connectivity index (χ4n) is 3.20. The third-order valence-corrected chi connectivity index (χ3v) is 4.39. The monoisotopic (exact) mass is 343 g/mol. The molecule has 2 N–H and O–H groups in total. The number of aromatic carboxylic acids is 1. The summed E-state index contributed by atoms with van der Waals surface area (Å²) in [6.07, 6.45) is 1.36. The average molecular weight is 343 g/mol. The van der Waals surface area contributed by atoms with Gasteiger partial charge in [-0.1, -0.05) is 6.07 Å². The number of methoxy groups -OCH3 is 3. The zero-order chi connectivity index (χ0) is 18.0. The molecule has 0 aromatic heterocycles. The van der Waals surface area contributed by atoms with Crippen LogP contribution in [0.15, 0.2) is 24.3 Å². The molecule has 0 fully saturated rings. The second-order valence-electron chi connectivity index (χ2n) is 5.86. The first kappa shape index (κ1) is 17.0. The summed E-state index contributed by atoms with van der Waals surface area (Å²) in [5.41, 5.74) is 4.02. The van der Waals surface area contributed by atoms with Crippen molar-refractivity contribution in [3.8, 4) is 17.2 Å². The number of hydrogen-bond donors (Lipinski definition) is 2. The van der Waals surface area contributed by atoms with Crippen LogP contribution < -0.4 is 19.5 Å². The highest BCUT2D eigenvalue weighted by Crippen LogP contribution is 2.39. The fraction of sp³-hybridized carbons (Fsp3) is 0.316. The average Bonchev–Trinajstić information content (AvgIpc) is 3.07. The van der Waals surface area contributed by atoms with Gasteiger partial charge in [0.1, 0.15) is 0 Å². The predicted molar refractivity (Wildman–Crippen MR) is 94.5 cm³/mol. The van der Waals surface area contributed by atoms with E-state index in [9.17, 15) is 9.90 Å². The van der Waals surface area contributed by atoms with Crippen LogP contribution in [0.1, 0.15) is 27.0 Å². The van der Waals surface area contributed by atoms with Crippen molar-refractivity contribution in [2.24, 2.45) is 0 Å². The summed E-state index contributed by atoms with van der Waals surface area (Å²) in [5, 5.41) is 12.8. The van der Waals surface area contributed by atoms with Crippen LogP contribution in [0.25, 0.3) is 0 Å². The van der Waals surface area contributed by atoms with Gasteiger partial charge in [-0.3, -0.25) is 0 Å². The minimum Gasteiger partial charge on any atom is -0.493 e. The molecule has 0 aliphatic carbocycles. The van der Waals surface area contributed by atoms with Crippen molar-refractivity contribution in [2.45, 2.75) is 12.8 Å². The molecule has 0 amide bonds. The molecule has 0 saturated heterocycles. The molecule has 0 bridgehead atoms. The number of fused-ring (bicyclic) bond motifs is 1. The van der Waals surface area contributed by atoms with Gasteiger partial charge in [0.2, 0.25) is 5.75 Å². The third-order valence-electron chi connectivity index (χ3n) is 4.39. The topological polar surface area (TPSA) is 77.0 Å². The first-order chi connectivity index (χ1) is 12.1. The Morgan fingerprint density at radius 1 is 1.08 bits per heavy atom. The van der Waals surface area contributed by atoms with Gasteiger partial charge in [-0.15, -0.1) is 0 Å². The number of anilines is 1. The Bertz CT molecular complexity index is 791. The van der Waals surface area contributed by atoms with E-state index in [-0.39, 0.29) is 0 Å². The number of benzene rings is 2. The van der Waals surface area contributed by atoms with Gasteiger partial charge in [0.25, 0.3) is 0 Å². The molecular weight excluding hydrogens is 322 g/mol. The lowest BCUT2D eigenvalue weighted by molar-refractivity contribution is 0.0696. The zero-order valence-electron chi connectivity index (χ0n) is 14.5. The highest BCUT2D eigenvalue weighted by molar-refractivity contribution is 5.91. The second-order valence-corrected chi connectivity index (χ2v) is 5.86. The molecule has 1 aliphatic rings. The largest absolute Gasteiger partial charge is 0.493 e. The lowest BCUT2D eigenvalue weighted by Gasteiger charge is -2.15. The maximum absolute atomic E-state index is 11.7. The molecule has 0 spiro atoms. The molecule has 6 heteroatoms. The molecule has 25 heavy (non-hydrogen) atoms. The van der Waals surface area contributed by atoms with E-state index in [4.69, 9.17) is 14.2 Å². The Morgan fingerprint density at radius 3 is 2.32 bits per heavy atom. The van der Waals surface area contributed by atoms with Crippen molar-refractivity contribution in [1.29, 1.82) is 0 Å². The smallest absolute Gasteiger partial charge is 0.336 e. The van der Waals surface area contributed by atoms with Crippen LogP contribution in [0.4, 0.5) is 5.69 Å². The molecular formula is C19H21NO5. The SMILES string of the molecule is COc1cc(Cc2cc3c(cc2C(=O)O)NCC3)cc(OC)c1OC. The van der Waals surface area contributed by atoms with Crippen LogP contribution in [-0.2, 0) is 12.8 Å². The highest BCUT2D eigenvalue weighted by Gasteiger charge is 2.20. The number of nitrogens with one attached hydrogen (secondary N) is 1. The Morgan fingerprint density at radius 2 is 1.76 bits per heavy atom. The number of rotatable bonds is 6. The molecule has 3 rings (SSSR count). The summed E-state index contributed by atoms with van der Waals surface area (Å²) < 4.78 is 16.1. The first-order valence-corrected chi connectivity index (χ1v) is 7.99. The van der Waals surface area contributed by atoms with Crippen molar-refractivity contribution in [2.75, 3.05) is 33.2 Å². The minimum atomic E-state index is -0.932. The number of carboxylic acid groups (broad SMARTS) is 1. The fourth-order valence-corrected chi connectivity index (χ4v) is 3.20. The molecule has 1 heterocycles. The van der Waals surface area contributed by atoms with Gasteiger partial charge < -0.3 is 24.6 Å². The summed E-state index contributed by atoms with van der Waals surface area (Å²) in [5.74, 6) is 0.692. The number of ether oxygens (including phenoxy) is 3. The minimum absolute atomic E-state index is 0.307. The van der Waals surface area contributed by atoms with Gasteiger partial charge in [-0.25, -0.2) is 4.79 Å². The Labute approximate surface area is 146 Å². The van der Waals surface area contributed by atoms with E-state index < -0.39 is 5.97 Å². The summed E-state index contributed by atoms with van der Waals surface area (Å²) in [7, 11) is 4.67. The summed E-state index contributed by atoms with van der Waals surface area (Å²) in [6, 6.07) is 7.39. The Kier molecular flexibility index (Phi) is 4.70. The van der Waals surface area contributed by atoms with Crippen molar-refractivity contribution in [3.63, 3.8) is 0 Å². The molecule has 0 atom stereocenters. The molecule has 0 radical (unpaired) electrons. The van der Waals surface area contributed by atoms with E-state index in [0.29, 0.717) is 29.2 Å². The standard InChI is InChI=1S/C19H21NO5/c1-23-16-7-11(8-17(24-2)18(16)25-3)6-13-9-12-4-5-20-15(12)10-14(13)19(21)22/h7-10,20H,4-6H2,1-3H3,(H,21,22). The number of carboxylic acids is 1. The second kappa shape index (κ2) is 6.93. The van der Waals surface area contributed by atoms with Crippen LogP contribution >= 0.6 is 0 Å². The van der Waals surface area contributed by atoms with Gasteiger partial charge in [-0.2, -0.15) is 0 Å². The van der Waals surface area contributed by atoms with Crippen LogP contribution in [-0.4, -0.2) is 38.9 Å². The predicted octanol–water partition coefficient (Wildman–Crippen LogP) is 2.97. The van der Waals surface area contributed by atoms with Crippen molar-refractivity contribution in [1.82, 2.24) is 0 Å². The van der Waals surface area contributed by atoms with Gasteiger partial charge in [0.05, 0.1) is 26.9 Å². The normalized spacial score (nSPS) is 12.3. The van der Waals surface area contributed by atoms with Gasteiger partial charge in [0, 0.05) is 12.2 Å². The maximum atomic E-state index is 11.7. The molecule has 1 aliphatic heterocycles. The molecule has 2 aromatic rings. The summed E-state index contributed by atoms with van der Waals surface area (Å²) in [6.45, 7) is 0.835. The molecule has 2 aromatic carbocycles. The van der Waals surface area contributed by atoms with Crippen molar-refractivity contribution >= 4 is 11.7 Å². The summed E-state index contributed by atoms with van der Waals surface area (Å²) >= 11 is 0. The van der Waals surface area contributed by atoms with E-state index in [1.807, 2.05) is 18.2 Å². The van der Waals surface area contributed by atoms with Gasteiger partial charge >= 0.3 is 5.97 Å². The zero-order valence-corrected chi connectivity index (χ0v) is 14.5. The lowest BCUT2D eigenvalue weighted by atomic mass is 9.96. The van der Waals surface area contributed by atoms with Gasteiger partial charge in [-0.05, 0) is 47.7 Å². The van der Waals surface area contributed by atoms with Crippen LogP contribution in [0, 0.1) is 0 Å². The van der Waals surface area contributed by atoms with E-state index in [2.05, 4.69) is 5.32 Å². The molecule has 0 saturated carbocycles. The first-order valence-electron chi connectivity index (χ1n) is 7.99. The van der Waals surface area contributed by atoms with Crippen molar-refractivity contribution < 1.29 is 24.1 Å². The Balaban J connectivity index is 2.04. The lowest BCUT2D eigenvalue weighted by Crippen LogP contribution is -2.05. The van der Waals surface area contributed by atoms with Crippen LogP contribution in [0.5, 0.6) is 17.2 Å². The maximum Gasteiger partial charge on any atom is 0.336 e. The molecule has 6 nitrogen and oxygen atoms in total. The van der Waals surface area contributed by atoms with Crippen LogP contribution in [0.2, 0.25) is 0 Å². The van der Waals surface area contributed by atoms with Gasteiger partial charge in [0.15, 0.2) is 11.5 Å². The molecule has 132 valence electrons. The van der Waals surface area contributed by atoms with E-state index >= 15 is 0 Å². The van der Waals surface area contributed by atoms with Crippen molar-refractivity contribution in [3.05, 3.63) is 46.5 Å². The highest BCUT2D eigenvalue weighted by atomic mass is 16.5. The van der Waals surface area contributed by atoms with E-state index in [1.165, 1.54) is 0 Å². The molecule has 0 unspecified atom stereocenters. The number of hydrogen-bond acceptors (Lipinski definition) is 5.